The van der Waals surface area contributed by atoms with Crippen molar-refractivity contribution in [3.63, 3.8) is 0 Å². The van der Waals surface area contributed by atoms with Crippen molar-refractivity contribution < 1.29 is 24.2 Å². The van der Waals surface area contributed by atoms with E-state index in [1.165, 1.54) is 11.0 Å². The molecule has 0 unspecified atom stereocenters. The molecule has 1 atom stereocenters. The lowest BCUT2D eigenvalue weighted by atomic mass is 9.95. The number of aliphatic hydroxyl groups excluding tert-OH is 1. The molecular weight excluding hydrogens is 274 g/mol. The van der Waals surface area contributed by atoms with E-state index in [0.29, 0.717) is 5.57 Å². The first-order valence-electron chi connectivity index (χ1n) is 6.97. The molecule has 1 saturated heterocycles. The molecule has 0 bridgehead atoms. The van der Waals surface area contributed by atoms with Crippen molar-refractivity contribution in [2.45, 2.75) is 58.8 Å². The van der Waals surface area contributed by atoms with Gasteiger partial charge in [0.2, 0.25) is 0 Å². The van der Waals surface area contributed by atoms with Gasteiger partial charge in [0, 0.05) is 6.54 Å². The highest BCUT2D eigenvalue weighted by Gasteiger charge is 2.45. The van der Waals surface area contributed by atoms with E-state index in [1.807, 2.05) is 0 Å². The number of carbonyl (C=O) groups is 2. The molecule has 120 valence electrons. The monoisotopic (exact) mass is 299 g/mol. The number of rotatable bonds is 2. The highest BCUT2D eigenvalue weighted by atomic mass is 16.6. The fourth-order valence-electron chi connectivity index (χ4n) is 1.88. The van der Waals surface area contributed by atoms with Gasteiger partial charge in [-0.05, 0) is 47.1 Å². The van der Waals surface area contributed by atoms with E-state index in [1.54, 1.807) is 41.5 Å². The summed E-state index contributed by atoms with van der Waals surface area (Å²) in [6.45, 7) is 10.6. The molecule has 1 heterocycles. The maximum absolute atomic E-state index is 12.2. The van der Waals surface area contributed by atoms with Gasteiger partial charge in [-0.3, -0.25) is 4.90 Å². The fourth-order valence-corrected chi connectivity index (χ4v) is 1.88. The molecule has 1 rings (SSSR count). The predicted octanol–water partition coefficient (Wildman–Crippen LogP) is 1.87. The third kappa shape index (κ3) is 5.04. The Balaban J connectivity index is 2.85. The van der Waals surface area contributed by atoms with Crippen LogP contribution in [0.15, 0.2) is 11.6 Å². The summed E-state index contributed by atoms with van der Waals surface area (Å²) < 4.78 is 10.6. The Morgan fingerprint density at radius 1 is 1.19 bits per heavy atom. The molecule has 0 aromatic carbocycles. The van der Waals surface area contributed by atoms with Crippen LogP contribution < -0.4 is 0 Å². The Labute approximate surface area is 125 Å². The highest BCUT2D eigenvalue weighted by Crippen LogP contribution is 2.28. The van der Waals surface area contributed by atoms with Crippen LogP contribution in [0.2, 0.25) is 0 Å². The molecule has 21 heavy (non-hydrogen) atoms. The van der Waals surface area contributed by atoms with Crippen LogP contribution in [0.4, 0.5) is 4.79 Å². The van der Waals surface area contributed by atoms with Gasteiger partial charge in [-0.1, -0.05) is 6.08 Å². The average molecular weight is 299 g/mol. The third-order valence-electron chi connectivity index (χ3n) is 2.63. The summed E-state index contributed by atoms with van der Waals surface area (Å²) in [4.78, 5) is 25.6. The number of ether oxygens (including phenoxy) is 2. The van der Waals surface area contributed by atoms with E-state index in [4.69, 9.17) is 14.6 Å². The Hall–Kier alpha value is -1.56. The van der Waals surface area contributed by atoms with Crippen molar-refractivity contribution in [2.75, 3.05) is 13.2 Å². The summed E-state index contributed by atoms with van der Waals surface area (Å²) in [5.41, 5.74) is -0.611. The molecule has 1 aliphatic rings. The first-order valence-corrected chi connectivity index (χ1v) is 6.97. The lowest BCUT2D eigenvalue weighted by Gasteiger charge is -2.42. The van der Waals surface area contributed by atoms with Gasteiger partial charge in [0.15, 0.2) is 6.04 Å². The highest BCUT2D eigenvalue weighted by molar-refractivity contribution is 5.88. The minimum Gasteiger partial charge on any atom is -0.458 e. The average Bonchev–Trinajstić information content (AvgIpc) is 2.17. The zero-order valence-corrected chi connectivity index (χ0v) is 13.6. The van der Waals surface area contributed by atoms with E-state index in [9.17, 15) is 9.59 Å². The van der Waals surface area contributed by atoms with E-state index in [-0.39, 0.29) is 13.2 Å². The Bertz CT molecular complexity index is 442. The first-order chi connectivity index (χ1) is 9.44. The summed E-state index contributed by atoms with van der Waals surface area (Å²) in [6, 6.07) is -0.814. The van der Waals surface area contributed by atoms with Gasteiger partial charge in [-0.2, -0.15) is 0 Å². The Morgan fingerprint density at radius 2 is 1.71 bits per heavy atom. The standard InChI is InChI=1S/C15H25NO5/c1-14(2,3)20-12(18)11-10(7-8-17)9-16(11)13(19)21-15(4,5)6/h7,11,17H,8-9H2,1-6H3/b10-7+/t11-/m1/s1. The van der Waals surface area contributed by atoms with Gasteiger partial charge < -0.3 is 14.6 Å². The maximum atomic E-state index is 12.2. The summed E-state index contributed by atoms with van der Waals surface area (Å²) >= 11 is 0. The molecule has 0 aromatic heterocycles. The quantitative estimate of drug-likeness (QED) is 0.622. The van der Waals surface area contributed by atoms with Gasteiger partial charge in [0.25, 0.3) is 0 Å². The molecule has 0 radical (unpaired) electrons. The maximum Gasteiger partial charge on any atom is 0.411 e. The molecule has 6 heteroatoms. The topological polar surface area (TPSA) is 76.1 Å². The van der Waals surface area contributed by atoms with Crippen LogP contribution >= 0.6 is 0 Å². The molecule has 1 amide bonds. The molecule has 0 saturated carbocycles. The lowest BCUT2D eigenvalue weighted by Crippen LogP contribution is -2.59. The van der Waals surface area contributed by atoms with Crippen molar-refractivity contribution >= 4 is 12.1 Å². The number of amides is 1. The lowest BCUT2D eigenvalue weighted by molar-refractivity contribution is -0.162. The number of likely N-dealkylation sites (tertiary alicyclic amines) is 1. The second-order valence-electron chi connectivity index (χ2n) is 7.01. The molecule has 0 aliphatic carbocycles. The van der Waals surface area contributed by atoms with Crippen molar-refractivity contribution in [2.24, 2.45) is 0 Å². The smallest absolute Gasteiger partial charge is 0.411 e. The second-order valence-corrected chi connectivity index (χ2v) is 7.01. The summed E-state index contributed by atoms with van der Waals surface area (Å²) in [6.07, 6.45) is 0.962. The van der Waals surface area contributed by atoms with Crippen LogP contribution in [0, 0.1) is 0 Å². The fraction of sp³-hybridized carbons (Fsp3) is 0.733. The van der Waals surface area contributed by atoms with Gasteiger partial charge in [-0.15, -0.1) is 0 Å². The largest absolute Gasteiger partial charge is 0.458 e. The molecule has 6 nitrogen and oxygen atoms in total. The van der Waals surface area contributed by atoms with E-state index >= 15 is 0 Å². The Morgan fingerprint density at radius 3 is 2.14 bits per heavy atom. The number of aliphatic hydroxyl groups is 1. The molecular formula is C15H25NO5. The normalized spacial score (nSPS) is 21.0. The van der Waals surface area contributed by atoms with Crippen molar-refractivity contribution in [3.05, 3.63) is 11.6 Å². The Kier molecular flexibility index (Phi) is 5.04. The van der Waals surface area contributed by atoms with Crippen LogP contribution in [-0.2, 0) is 14.3 Å². The number of hydrogen-bond acceptors (Lipinski definition) is 5. The minimum atomic E-state index is -0.814. The van der Waals surface area contributed by atoms with Gasteiger partial charge in [-0.25, -0.2) is 9.59 Å². The zero-order valence-electron chi connectivity index (χ0n) is 13.6. The molecule has 0 spiro atoms. The second kappa shape index (κ2) is 6.05. The van der Waals surface area contributed by atoms with Crippen molar-refractivity contribution in [3.8, 4) is 0 Å². The van der Waals surface area contributed by atoms with Crippen molar-refractivity contribution in [1.82, 2.24) is 4.90 Å². The van der Waals surface area contributed by atoms with Crippen molar-refractivity contribution in [1.29, 1.82) is 0 Å². The molecule has 1 aliphatic heterocycles. The SMILES string of the molecule is CC(C)(C)OC(=O)[C@H]1/C(=C/CO)CN1C(=O)OC(C)(C)C. The van der Waals surface area contributed by atoms with Crippen LogP contribution in [0.25, 0.3) is 0 Å². The van der Waals surface area contributed by atoms with E-state index < -0.39 is 29.3 Å². The van der Waals surface area contributed by atoms with E-state index in [2.05, 4.69) is 0 Å². The van der Waals surface area contributed by atoms with Crippen LogP contribution in [0.3, 0.4) is 0 Å². The third-order valence-corrected chi connectivity index (χ3v) is 2.63. The number of esters is 1. The summed E-state index contributed by atoms with van der Waals surface area (Å²) in [7, 11) is 0. The van der Waals surface area contributed by atoms with Crippen LogP contribution in [-0.4, -0.2) is 52.5 Å². The van der Waals surface area contributed by atoms with Gasteiger partial charge in [0.05, 0.1) is 6.61 Å². The summed E-state index contributed by atoms with van der Waals surface area (Å²) in [5.74, 6) is -0.515. The number of carbonyl (C=O) groups excluding carboxylic acids is 2. The van der Waals surface area contributed by atoms with Crippen LogP contribution in [0.5, 0.6) is 0 Å². The van der Waals surface area contributed by atoms with Gasteiger partial charge >= 0.3 is 12.1 Å². The molecule has 1 fully saturated rings. The number of hydrogen-bond donors (Lipinski definition) is 1. The summed E-state index contributed by atoms with van der Waals surface area (Å²) in [5, 5.41) is 8.98. The predicted molar refractivity (Wildman–Crippen MR) is 77.7 cm³/mol. The van der Waals surface area contributed by atoms with Crippen LogP contribution in [0.1, 0.15) is 41.5 Å². The zero-order chi connectivity index (χ0) is 16.4. The van der Waals surface area contributed by atoms with E-state index in [0.717, 1.165) is 0 Å². The molecule has 1 N–H and O–H groups in total. The molecule has 0 aromatic rings. The first kappa shape index (κ1) is 17.5. The number of nitrogens with zero attached hydrogens (tertiary/aromatic N) is 1. The minimum absolute atomic E-state index is 0.184. The van der Waals surface area contributed by atoms with Gasteiger partial charge in [0.1, 0.15) is 11.2 Å².